The third kappa shape index (κ3) is 5.09. The van der Waals surface area contributed by atoms with Crippen LogP contribution in [0.3, 0.4) is 0 Å². The van der Waals surface area contributed by atoms with Crippen molar-refractivity contribution in [3.05, 3.63) is 40.7 Å². The van der Waals surface area contributed by atoms with Gasteiger partial charge in [0.25, 0.3) is 5.91 Å². The van der Waals surface area contributed by atoms with Crippen LogP contribution in [0.25, 0.3) is 0 Å². The molecule has 0 saturated carbocycles. The lowest BCUT2D eigenvalue weighted by molar-refractivity contribution is 0.0941. The number of rotatable bonds is 6. The molecule has 1 aliphatic rings. The first-order chi connectivity index (χ1) is 12.1. The summed E-state index contributed by atoms with van der Waals surface area (Å²) in [6.45, 7) is 4.55. The van der Waals surface area contributed by atoms with E-state index in [2.05, 4.69) is 20.9 Å². The Labute approximate surface area is 163 Å². The number of benzene rings is 1. The minimum absolute atomic E-state index is 0. The summed E-state index contributed by atoms with van der Waals surface area (Å²) in [5.74, 6) is 0.446. The molecule has 1 fully saturated rings. The predicted molar refractivity (Wildman–Crippen MR) is 102 cm³/mol. The average Bonchev–Trinajstić information content (AvgIpc) is 3.01. The Hall–Kier alpha value is -1.83. The SMILES string of the molecule is Cc1c(C(=O)NCCOc2cccc(Cl)c2)nnn1C1CCNCC1.Cl. The van der Waals surface area contributed by atoms with Gasteiger partial charge in [0.1, 0.15) is 12.4 Å². The highest BCUT2D eigenvalue weighted by atomic mass is 35.5. The molecule has 0 radical (unpaired) electrons. The predicted octanol–water partition coefficient (Wildman–Crippen LogP) is 2.40. The van der Waals surface area contributed by atoms with Crippen LogP contribution in [-0.4, -0.2) is 47.1 Å². The van der Waals surface area contributed by atoms with Gasteiger partial charge in [0.05, 0.1) is 18.3 Å². The van der Waals surface area contributed by atoms with Gasteiger partial charge in [-0.3, -0.25) is 4.79 Å². The Morgan fingerprint density at radius 1 is 1.42 bits per heavy atom. The van der Waals surface area contributed by atoms with E-state index in [9.17, 15) is 4.79 Å². The molecule has 0 aliphatic carbocycles. The van der Waals surface area contributed by atoms with Gasteiger partial charge in [0, 0.05) is 5.02 Å². The third-order valence-corrected chi connectivity index (χ3v) is 4.48. The van der Waals surface area contributed by atoms with E-state index < -0.39 is 0 Å². The summed E-state index contributed by atoms with van der Waals surface area (Å²) in [6.07, 6.45) is 2.00. The second-order valence-corrected chi connectivity index (χ2v) is 6.45. The van der Waals surface area contributed by atoms with E-state index in [0.717, 1.165) is 31.6 Å². The summed E-state index contributed by atoms with van der Waals surface area (Å²) in [5.41, 5.74) is 1.18. The molecule has 0 spiro atoms. The first-order valence-corrected chi connectivity index (χ1v) is 8.82. The number of carbonyl (C=O) groups is 1. The molecule has 142 valence electrons. The Bertz CT molecular complexity index is 732. The molecule has 9 heteroatoms. The fourth-order valence-corrected chi connectivity index (χ4v) is 3.10. The molecular formula is C17H23Cl2N5O2. The Morgan fingerprint density at radius 2 is 2.19 bits per heavy atom. The Morgan fingerprint density at radius 3 is 2.92 bits per heavy atom. The Balaban J connectivity index is 0.00000243. The van der Waals surface area contributed by atoms with E-state index in [1.807, 2.05) is 23.7 Å². The van der Waals surface area contributed by atoms with Crippen molar-refractivity contribution in [1.29, 1.82) is 0 Å². The van der Waals surface area contributed by atoms with Crippen molar-refractivity contribution in [3.63, 3.8) is 0 Å². The van der Waals surface area contributed by atoms with Crippen molar-refractivity contribution < 1.29 is 9.53 Å². The lowest BCUT2D eigenvalue weighted by Crippen LogP contribution is -2.31. The monoisotopic (exact) mass is 399 g/mol. The average molecular weight is 400 g/mol. The van der Waals surface area contributed by atoms with Gasteiger partial charge in [-0.1, -0.05) is 22.9 Å². The molecule has 1 aliphatic heterocycles. The van der Waals surface area contributed by atoms with E-state index in [4.69, 9.17) is 16.3 Å². The summed E-state index contributed by atoms with van der Waals surface area (Å²) in [4.78, 5) is 12.3. The highest BCUT2D eigenvalue weighted by Crippen LogP contribution is 2.20. The van der Waals surface area contributed by atoms with E-state index in [-0.39, 0.29) is 18.3 Å². The molecule has 26 heavy (non-hydrogen) atoms. The van der Waals surface area contributed by atoms with Gasteiger partial charge in [-0.15, -0.1) is 17.5 Å². The maximum Gasteiger partial charge on any atom is 0.273 e. The molecule has 2 heterocycles. The number of nitrogens with one attached hydrogen (secondary N) is 2. The zero-order valence-electron chi connectivity index (χ0n) is 14.6. The molecule has 0 bridgehead atoms. The molecule has 1 aromatic carbocycles. The zero-order valence-corrected chi connectivity index (χ0v) is 16.1. The van der Waals surface area contributed by atoms with Crippen LogP contribution in [0.1, 0.15) is 35.1 Å². The van der Waals surface area contributed by atoms with E-state index >= 15 is 0 Å². The van der Waals surface area contributed by atoms with Gasteiger partial charge in [-0.05, 0) is 51.1 Å². The van der Waals surface area contributed by atoms with Crippen molar-refractivity contribution in [1.82, 2.24) is 25.6 Å². The molecule has 7 nitrogen and oxygen atoms in total. The van der Waals surface area contributed by atoms with Crippen LogP contribution in [0.4, 0.5) is 0 Å². The summed E-state index contributed by atoms with van der Waals surface area (Å²) < 4.78 is 7.43. The van der Waals surface area contributed by atoms with Crippen LogP contribution in [0.5, 0.6) is 5.75 Å². The molecule has 2 N–H and O–H groups in total. The van der Waals surface area contributed by atoms with Gasteiger partial charge in [-0.25, -0.2) is 4.68 Å². The van der Waals surface area contributed by atoms with Crippen molar-refractivity contribution in [2.24, 2.45) is 0 Å². The van der Waals surface area contributed by atoms with Crippen LogP contribution in [-0.2, 0) is 0 Å². The lowest BCUT2D eigenvalue weighted by atomic mass is 10.1. The number of carbonyl (C=O) groups excluding carboxylic acids is 1. The number of amides is 1. The number of ether oxygens (including phenoxy) is 1. The van der Waals surface area contributed by atoms with Crippen molar-refractivity contribution >= 4 is 29.9 Å². The van der Waals surface area contributed by atoms with Crippen LogP contribution in [0.2, 0.25) is 5.02 Å². The number of halogens is 2. The summed E-state index contributed by atoms with van der Waals surface area (Å²) in [5, 5.41) is 15.0. The van der Waals surface area contributed by atoms with E-state index in [0.29, 0.717) is 35.7 Å². The molecule has 1 amide bonds. The van der Waals surface area contributed by atoms with Crippen LogP contribution in [0.15, 0.2) is 24.3 Å². The molecule has 0 unspecified atom stereocenters. The smallest absolute Gasteiger partial charge is 0.273 e. The quantitative estimate of drug-likeness (QED) is 0.728. The Kier molecular flexibility index (Phi) is 7.68. The van der Waals surface area contributed by atoms with Gasteiger partial charge in [0.2, 0.25) is 0 Å². The number of hydrogen-bond acceptors (Lipinski definition) is 5. The zero-order chi connectivity index (χ0) is 17.6. The van der Waals surface area contributed by atoms with Crippen molar-refractivity contribution in [2.75, 3.05) is 26.2 Å². The van der Waals surface area contributed by atoms with Crippen molar-refractivity contribution in [2.45, 2.75) is 25.8 Å². The largest absolute Gasteiger partial charge is 0.492 e. The van der Waals surface area contributed by atoms with E-state index in [1.165, 1.54) is 0 Å². The van der Waals surface area contributed by atoms with Crippen LogP contribution >= 0.6 is 24.0 Å². The van der Waals surface area contributed by atoms with Gasteiger partial charge in [-0.2, -0.15) is 0 Å². The van der Waals surface area contributed by atoms with Gasteiger partial charge < -0.3 is 15.4 Å². The van der Waals surface area contributed by atoms with Gasteiger partial charge >= 0.3 is 0 Å². The number of hydrogen-bond donors (Lipinski definition) is 2. The van der Waals surface area contributed by atoms with Crippen LogP contribution < -0.4 is 15.4 Å². The first-order valence-electron chi connectivity index (χ1n) is 8.44. The molecule has 1 saturated heterocycles. The lowest BCUT2D eigenvalue weighted by Gasteiger charge is -2.23. The topological polar surface area (TPSA) is 81.1 Å². The number of nitrogens with zero attached hydrogens (tertiary/aromatic N) is 3. The second kappa shape index (κ2) is 9.75. The standard InChI is InChI=1S/C17H22ClN5O2.ClH/c1-12-16(21-22-23(12)14-5-7-19-8-6-14)17(24)20-9-10-25-15-4-2-3-13(18)11-15;/h2-4,11,14,19H,5-10H2,1H3,(H,20,24);1H. The second-order valence-electron chi connectivity index (χ2n) is 6.01. The summed E-state index contributed by atoms with van der Waals surface area (Å²) in [6, 6.07) is 7.46. The maximum absolute atomic E-state index is 12.3. The fraction of sp³-hybridized carbons (Fsp3) is 0.471. The molecular weight excluding hydrogens is 377 g/mol. The minimum Gasteiger partial charge on any atom is -0.492 e. The van der Waals surface area contributed by atoms with Gasteiger partial charge in [0.15, 0.2) is 5.69 Å². The third-order valence-electron chi connectivity index (χ3n) is 4.25. The normalized spacial score (nSPS) is 14.5. The first kappa shape index (κ1) is 20.5. The maximum atomic E-state index is 12.3. The highest BCUT2D eigenvalue weighted by molar-refractivity contribution is 6.30. The molecule has 3 rings (SSSR count). The minimum atomic E-state index is -0.229. The number of aromatic nitrogens is 3. The number of piperidine rings is 1. The molecule has 2 aromatic rings. The van der Waals surface area contributed by atoms with Crippen LogP contribution in [0, 0.1) is 6.92 Å². The fourth-order valence-electron chi connectivity index (χ4n) is 2.92. The highest BCUT2D eigenvalue weighted by Gasteiger charge is 2.22. The summed E-state index contributed by atoms with van der Waals surface area (Å²) >= 11 is 5.90. The molecule has 1 aromatic heterocycles. The molecule has 0 atom stereocenters. The summed E-state index contributed by atoms with van der Waals surface area (Å²) in [7, 11) is 0. The van der Waals surface area contributed by atoms with Crippen molar-refractivity contribution in [3.8, 4) is 5.75 Å². The van der Waals surface area contributed by atoms with E-state index in [1.54, 1.807) is 12.1 Å².